The highest BCUT2D eigenvalue weighted by Crippen LogP contribution is 2.08. The molecular formula is C9H13NO3. The molecule has 4 heteroatoms. The number of carbonyl (C=O) groups is 1. The molecule has 0 saturated carbocycles. The van der Waals surface area contributed by atoms with Gasteiger partial charge in [-0.05, 0) is 6.08 Å². The van der Waals surface area contributed by atoms with Gasteiger partial charge in [-0.2, -0.15) is 0 Å². The highest BCUT2D eigenvalue weighted by Gasteiger charge is 2.20. The summed E-state index contributed by atoms with van der Waals surface area (Å²) in [6.45, 7) is 4.23. The molecule has 0 spiro atoms. The molecular weight excluding hydrogens is 170 g/mol. The Morgan fingerprint density at radius 2 is 2.23 bits per heavy atom. The zero-order chi connectivity index (χ0) is 9.10. The summed E-state index contributed by atoms with van der Waals surface area (Å²) in [4.78, 5) is 13.0. The third-order valence-electron chi connectivity index (χ3n) is 2.26. The van der Waals surface area contributed by atoms with Crippen LogP contribution in [0.25, 0.3) is 0 Å². The minimum absolute atomic E-state index is 0.0504. The van der Waals surface area contributed by atoms with Crippen LogP contribution >= 0.6 is 0 Å². The van der Waals surface area contributed by atoms with E-state index in [0.29, 0.717) is 0 Å². The van der Waals surface area contributed by atoms with E-state index in [1.807, 2.05) is 6.08 Å². The van der Waals surface area contributed by atoms with Crippen molar-refractivity contribution in [2.24, 2.45) is 0 Å². The molecule has 2 rings (SSSR count). The van der Waals surface area contributed by atoms with E-state index in [9.17, 15) is 4.79 Å². The Bertz CT molecular complexity index is 221. The van der Waals surface area contributed by atoms with Gasteiger partial charge in [0.1, 0.15) is 6.10 Å². The number of nitrogens with zero attached hydrogens (tertiary/aromatic N) is 1. The van der Waals surface area contributed by atoms with Crippen LogP contribution in [0.2, 0.25) is 0 Å². The maximum atomic E-state index is 10.7. The van der Waals surface area contributed by atoms with Gasteiger partial charge in [0.25, 0.3) is 0 Å². The zero-order valence-corrected chi connectivity index (χ0v) is 7.44. The quantitative estimate of drug-likeness (QED) is 0.556. The van der Waals surface area contributed by atoms with Gasteiger partial charge >= 0.3 is 5.97 Å². The Hall–Kier alpha value is -0.870. The van der Waals surface area contributed by atoms with Crippen LogP contribution in [0.5, 0.6) is 0 Å². The van der Waals surface area contributed by atoms with E-state index in [2.05, 4.69) is 4.90 Å². The minimum Gasteiger partial charge on any atom is -0.454 e. The summed E-state index contributed by atoms with van der Waals surface area (Å²) >= 11 is 0. The van der Waals surface area contributed by atoms with E-state index in [1.165, 1.54) is 6.08 Å². The lowest BCUT2D eigenvalue weighted by Crippen LogP contribution is -2.40. The van der Waals surface area contributed by atoms with Gasteiger partial charge < -0.3 is 9.47 Å². The van der Waals surface area contributed by atoms with Crippen LogP contribution in [0.4, 0.5) is 0 Å². The van der Waals surface area contributed by atoms with Crippen LogP contribution in [0.3, 0.4) is 0 Å². The molecule has 2 aliphatic heterocycles. The first-order valence-electron chi connectivity index (χ1n) is 4.53. The zero-order valence-electron chi connectivity index (χ0n) is 7.44. The highest BCUT2D eigenvalue weighted by molar-refractivity contribution is 5.84. The summed E-state index contributed by atoms with van der Waals surface area (Å²) in [7, 11) is 0. The first-order chi connectivity index (χ1) is 6.34. The van der Waals surface area contributed by atoms with Gasteiger partial charge in [0.15, 0.2) is 0 Å². The minimum atomic E-state index is -0.224. The molecule has 2 aliphatic rings. The second-order valence-corrected chi connectivity index (χ2v) is 3.25. The number of hydrogen-bond donors (Lipinski definition) is 0. The number of morpholine rings is 1. The standard InChI is InChI=1S/C9H13NO3/c11-9-2-1-8(13-9)7-10-3-5-12-6-4-10/h1-2,8H,3-7H2. The normalized spacial score (nSPS) is 29.2. The second-order valence-electron chi connectivity index (χ2n) is 3.25. The molecule has 0 aromatic carbocycles. The number of ether oxygens (including phenoxy) is 2. The monoisotopic (exact) mass is 183 g/mol. The molecule has 0 aromatic heterocycles. The van der Waals surface area contributed by atoms with Crippen LogP contribution in [-0.4, -0.2) is 49.8 Å². The van der Waals surface area contributed by atoms with Crippen molar-refractivity contribution in [2.45, 2.75) is 6.10 Å². The van der Waals surface area contributed by atoms with E-state index in [4.69, 9.17) is 9.47 Å². The predicted octanol–water partition coefficient (Wildman–Crippen LogP) is -0.200. The average Bonchev–Trinajstić information content (AvgIpc) is 2.53. The van der Waals surface area contributed by atoms with Gasteiger partial charge in [0.05, 0.1) is 13.2 Å². The van der Waals surface area contributed by atoms with Crippen molar-refractivity contribution in [3.8, 4) is 0 Å². The van der Waals surface area contributed by atoms with Crippen molar-refractivity contribution in [3.05, 3.63) is 12.2 Å². The van der Waals surface area contributed by atoms with Crippen molar-refractivity contribution in [2.75, 3.05) is 32.8 Å². The fourth-order valence-electron chi connectivity index (χ4n) is 1.55. The topological polar surface area (TPSA) is 38.8 Å². The molecule has 0 aromatic rings. The summed E-state index contributed by atoms with van der Waals surface area (Å²) < 4.78 is 10.2. The van der Waals surface area contributed by atoms with Crippen LogP contribution in [-0.2, 0) is 14.3 Å². The Morgan fingerprint density at radius 3 is 2.85 bits per heavy atom. The molecule has 1 fully saturated rings. The molecule has 72 valence electrons. The molecule has 0 aliphatic carbocycles. The number of rotatable bonds is 2. The van der Waals surface area contributed by atoms with E-state index in [1.54, 1.807) is 0 Å². The Morgan fingerprint density at radius 1 is 1.46 bits per heavy atom. The number of carbonyl (C=O) groups excluding carboxylic acids is 1. The Balaban J connectivity index is 1.77. The third kappa shape index (κ3) is 2.29. The second kappa shape index (κ2) is 3.89. The maximum Gasteiger partial charge on any atom is 0.331 e. The summed E-state index contributed by atoms with van der Waals surface area (Å²) in [6, 6.07) is 0. The molecule has 0 radical (unpaired) electrons. The summed E-state index contributed by atoms with van der Waals surface area (Å²) in [5.74, 6) is -0.224. The summed E-state index contributed by atoms with van der Waals surface area (Å²) in [5, 5.41) is 0. The number of hydrogen-bond acceptors (Lipinski definition) is 4. The fourth-order valence-corrected chi connectivity index (χ4v) is 1.55. The first kappa shape index (κ1) is 8.72. The molecule has 1 atom stereocenters. The van der Waals surface area contributed by atoms with Crippen LogP contribution in [0.15, 0.2) is 12.2 Å². The Labute approximate surface area is 77.1 Å². The average molecular weight is 183 g/mol. The van der Waals surface area contributed by atoms with Gasteiger partial charge in [0, 0.05) is 25.7 Å². The van der Waals surface area contributed by atoms with E-state index < -0.39 is 0 Å². The molecule has 2 heterocycles. The van der Waals surface area contributed by atoms with Gasteiger partial charge in [-0.25, -0.2) is 4.79 Å². The van der Waals surface area contributed by atoms with Crippen LogP contribution < -0.4 is 0 Å². The SMILES string of the molecule is O=C1C=CC(CN2CCOCC2)O1. The summed E-state index contributed by atoms with van der Waals surface area (Å²) in [5.41, 5.74) is 0. The molecule has 0 N–H and O–H groups in total. The lowest BCUT2D eigenvalue weighted by atomic mass is 10.3. The molecule has 1 unspecified atom stereocenters. The molecule has 1 saturated heterocycles. The smallest absolute Gasteiger partial charge is 0.331 e. The predicted molar refractivity (Wildman–Crippen MR) is 46.3 cm³/mol. The maximum absolute atomic E-state index is 10.7. The van der Waals surface area contributed by atoms with Crippen molar-refractivity contribution in [1.29, 1.82) is 0 Å². The molecule has 13 heavy (non-hydrogen) atoms. The number of cyclic esters (lactones) is 1. The largest absolute Gasteiger partial charge is 0.454 e. The molecule has 4 nitrogen and oxygen atoms in total. The van der Waals surface area contributed by atoms with Gasteiger partial charge in [-0.1, -0.05) is 0 Å². The van der Waals surface area contributed by atoms with Gasteiger partial charge in [0.2, 0.25) is 0 Å². The van der Waals surface area contributed by atoms with E-state index in [0.717, 1.165) is 32.8 Å². The van der Waals surface area contributed by atoms with Crippen molar-refractivity contribution >= 4 is 5.97 Å². The fraction of sp³-hybridized carbons (Fsp3) is 0.667. The summed E-state index contributed by atoms with van der Waals surface area (Å²) in [6.07, 6.45) is 3.26. The van der Waals surface area contributed by atoms with Crippen LogP contribution in [0, 0.1) is 0 Å². The number of esters is 1. The van der Waals surface area contributed by atoms with E-state index >= 15 is 0 Å². The lowest BCUT2D eigenvalue weighted by molar-refractivity contribution is -0.139. The lowest BCUT2D eigenvalue weighted by Gasteiger charge is -2.27. The Kier molecular flexibility index (Phi) is 2.61. The molecule has 0 bridgehead atoms. The van der Waals surface area contributed by atoms with Crippen LogP contribution in [0.1, 0.15) is 0 Å². The molecule has 0 amide bonds. The third-order valence-corrected chi connectivity index (χ3v) is 2.26. The highest BCUT2D eigenvalue weighted by atomic mass is 16.5. The van der Waals surface area contributed by atoms with E-state index in [-0.39, 0.29) is 12.1 Å². The van der Waals surface area contributed by atoms with Gasteiger partial charge in [-0.3, -0.25) is 4.90 Å². The first-order valence-corrected chi connectivity index (χ1v) is 4.53. The van der Waals surface area contributed by atoms with Crippen molar-refractivity contribution < 1.29 is 14.3 Å². The van der Waals surface area contributed by atoms with Crippen molar-refractivity contribution in [1.82, 2.24) is 4.90 Å². The van der Waals surface area contributed by atoms with Gasteiger partial charge in [-0.15, -0.1) is 0 Å². The van der Waals surface area contributed by atoms with Crippen molar-refractivity contribution in [3.63, 3.8) is 0 Å².